The zero-order chi connectivity index (χ0) is 21.3. The van der Waals surface area contributed by atoms with Crippen molar-refractivity contribution in [1.29, 1.82) is 0 Å². The van der Waals surface area contributed by atoms with Crippen molar-refractivity contribution in [3.8, 4) is 0 Å². The van der Waals surface area contributed by atoms with Crippen LogP contribution in [0.5, 0.6) is 0 Å². The lowest BCUT2D eigenvalue weighted by molar-refractivity contribution is 0.491. The van der Waals surface area contributed by atoms with Gasteiger partial charge in [0.25, 0.3) is 0 Å². The first-order valence-electron chi connectivity index (χ1n) is 13.7. The predicted molar refractivity (Wildman–Crippen MR) is 135 cm³/mol. The van der Waals surface area contributed by atoms with Gasteiger partial charge in [-0.2, -0.15) is 0 Å². The molecular formula is C28H57N. The van der Waals surface area contributed by atoms with Gasteiger partial charge >= 0.3 is 0 Å². The Morgan fingerprint density at radius 1 is 0.448 bits per heavy atom. The molecule has 0 aliphatic carbocycles. The number of unbranched alkanes of at least 4 members (excludes halogenated alkanes) is 18. The van der Waals surface area contributed by atoms with Crippen LogP contribution in [0.15, 0.2) is 12.2 Å². The van der Waals surface area contributed by atoms with Crippen LogP contribution in [-0.4, -0.2) is 6.04 Å². The van der Waals surface area contributed by atoms with Crippen LogP contribution >= 0.6 is 0 Å². The number of allylic oxidation sites excluding steroid dienone is 2. The minimum Gasteiger partial charge on any atom is -0.328 e. The highest BCUT2D eigenvalue weighted by atomic mass is 14.6. The summed E-state index contributed by atoms with van der Waals surface area (Å²) in [6.45, 7) is 4.58. The Kier molecular flexibility index (Phi) is 25.5. The van der Waals surface area contributed by atoms with Crippen LogP contribution in [-0.2, 0) is 0 Å². The first-order valence-corrected chi connectivity index (χ1v) is 13.7. The fourth-order valence-corrected chi connectivity index (χ4v) is 4.16. The van der Waals surface area contributed by atoms with Gasteiger partial charge in [0, 0.05) is 6.04 Å². The van der Waals surface area contributed by atoms with Crippen molar-refractivity contribution in [1.82, 2.24) is 0 Å². The van der Waals surface area contributed by atoms with E-state index in [1.807, 2.05) is 0 Å². The second-order valence-corrected chi connectivity index (χ2v) is 9.40. The minimum absolute atomic E-state index is 0.445. The summed E-state index contributed by atoms with van der Waals surface area (Å²) >= 11 is 0. The lowest BCUT2D eigenvalue weighted by Gasteiger charge is -2.10. The van der Waals surface area contributed by atoms with Crippen LogP contribution in [0.4, 0.5) is 0 Å². The van der Waals surface area contributed by atoms with E-state index in [-0.39, 0.29) is 0 Å². The van der Waals surface area contributed by atoms with Gasteiger partial charge in [-0.05, 0) is 38.5 Å². The fraction of sp³-hybridized carbons (Fsp3) is 0.929. The van der Waals surface area contributed by atoms with Crippen LogP contribution in [0.3, 0.4) is 0 Å². The molecule has 0 heterocycles. The quantitative estimate of drug-likeness (QED) is 0.125. The van der Waals surface area contributed by atoms with Crippen molar-refractivity contribution in [3.63, 3.8) is 0 Å². The molecule has 0 amide bonds. The third-order valence-corrected chi connectivity index (χ3v) is 6.27. The summed E-state index contributed by atoms with van der Waals surface area (Å²) in [6, 6.07) is 0.445. The van der Waals surface area contributed by atoms with E-state index in [0.717, 1.165) is 0 Å². The maximum Gasteiger partial charge on any atom is 0.00388 e. The summed E-state index contributed by atoms with van der Waals surface area (Å²) in [5, 5.41) is 0. The minimum atomic E-state index is 0.445. The highest BCUT2D eigenvalue weighted by Crippen LogP contribution is 2.13. The Labute approximate surface area is 185 Å². The summed E-state index contributed by atoms with van der Waals surface area (Å²) in [4.78, 5) is 0. The fourth-order valence-electron chi connectivity index (χ4n) is 4.16. The molecule has 0 aromatic carbocycles. The van der Waals surface area contributed by atoms with Gasteiger partial charge in [0.05, 0.1) is 0 Å². The Morgan fingerprint density at radius 3 is 1.21 bits per heavy atom. The van der Waals surface area contributed by atoms with Gasteiger partial charge < -0.3 is 5.73 Å². The van der Waals surface area contributed by atoms with E-state index in [1.54, 1.807) is 0 Å². The maximum absolute atomic E-state index is 6.29. The highest BCUT2D eigenvalue weighted by Gasteiger charge is 2.02. The Hall–Kier alpha value is -0.300. The summed E-state index contributed by atoms with van der Waals surface area (Å²) in [5.41, 5.74) is 6.29. The van der Waals surface area contributed by atoms with Gasteiger partial charge in [-0.25, -0.2) is 0 Å². The van der Waals surface area contributed by atoms with Crippen molar-refractivity contribution in [3.05, 3.63) is 12.2 Å². The smallest absolute Gasteiger partial charge is 0.00388 e. The third kappa shape index (κ3) is 25.7. The standard InChI is InChI=1S/C28H57N/c1-3-5-7-9-11-13-14-15-16-17-18-19-21-23-25-27-28(29)26-24-22-20-12-10-8-6-4-2/h18-19,28H,3-17,20-27,29H2,1-2H3. The third-order valence-electron chi connectivity index (χ3n) is 6.27. The zero-order valence-corrected chi connectivity index (χ0v) is 20.6. The van der Waals surface area contributed by atoms with Crippen LogP contribution in [0, 0.1) is 0 Å². The number of hydrogen-bond acceptors (Lipinski definition) is 1. The van der Waals surface area contributed by atoms with Crippen LogP contribution in [0.25, 0.3) is 0 Å². The molecule has 0 aromatic heterocycles. The first-order chi connectivity index (χ1) is 14.3. The Bertz CT molecular complexity index is 309. The lowest BCUT2D eigenvalue weighted by Crippen LogP contribution is -2.19. The van der Waals surface area contributed by atoms with Crippen LogP contribution in [0.1, 0.15) is 162 Å². The topological polar surface area (TPSA) is 26.0 Å². The maximum atomic E-state index is 6.29. The highest BCUT2D eigenvalue weighted by molar-refractivity contribution is 4.81. The second kappa shape index (κ2) is 25.7. The molecule has 1 unspecified atom stereocenters. The molecule has 0 spiro atoms. The van der Waals surface area contributed by atoms with E-state index in [9.17, 15) is 0 Å². The largest absolute Gasteiger partial charge is 0.328 e. The molecule has 174 valence electrons. The van der Waals surface area contributed by atoms with Crippen molar-refractivity contribution in [2.45, 2.75) is 168 Å². The molecule has 1 nitrogen and oxygen atoms in total. The average Bonchev–Trinajstić information content (AvgIpc) is 2.72. The zero-order valence-electron chi connectivity index (χ0n) is 20.6. The monoisotopic (exact) mass is 407 g/mol. The van der Waals surface area contributed by atoms with Gasteiger partial charge in [0.2, 0.25) is 0 Å². The van der Waals surface area contributed by atoms with Gasteiger partial charge in [0.1, 0.15) is 0 Å². The van der Waals surface area contributed by atoms with Gasteiger partial charge in [-0.3, -0.25) is 0 Å². The lowest BCUT2D eigenvalue weighted by atomic mass is 10.0. The van der Waals surface area contributed by atoms with Crippen molar-refractivity contribution < 1.29 is 0 Å². The van der Waals surface area contributed by atoms with Crippen molar-refractivity contribution in [2.24, 2.45) is 5.73 Å². The summed E-state index contributed by atoms with van der Waals surface area (Å²) in [7, 11) is 0. The molecule has 0 saturated carbocycles. The van der Waals surface area contributed by atoms with E-state index in [2.05, 4.69) is 26.0 Å². The van der Waals surface area contributed by atoms with Gasteiger partial charge in [-0.15, -0.1) is 0 Å². The molecule has 0 rings (SSSR count). The second-order valence-electron chi connectivity index (χ2n) is 9.40. The average molecular weight is 408 g/mol. The number of hydrogen-bond donors (Lipinski definition) is 1. The molecule has 0 fully saturated rings. The van der Waals surface area contributed by atoms with Crippen molar-refractivity contribution in [2.75, 3.05) is 0 Å². The summed E-state index contributed by atoms with van der Waals surface area (Å²) in [5.74, 6) is 0. The van der Waals surface area contributed by atoms with E-state index in [1.165, 1.54) is 148 Å². The van der Waals surface area contributed by atoms with E-state index in [4.69, 9.17) is 5.73 Å². The molecule has 0 aromatic rings. The summed E-state index contributed by atoms with van der Waals surface area (Å²) < 4.78 is 0. The van der Waals surface area contributed by atoms with E-state index in [0.29, 0.717) is 6.04 Å². The molecule has 29 heavy (non-hydrogen) atoms. The summed E-state index contributed by atoms with van der Waals surface area (Å²) in [6.07, 6.45) is 36.5. The Morgan fingerprint density at radius 2 is 0.759 bits per heavy atom. The SMILES string of the molecule is CCCCCCCCCCCC=CCCCCC(N)CCCCCCCCCC. The first kappa shape index (κ1) is 28.7. The normalized spacial score (nSPS) is 12.8. The molecule has 2 N–H and O–H groups in total. The molecule has 0 bridgehead atoms. The predicted octanol–water partition coefficient (Wildman–Crippen LogP) is 9.88. The molecule has 0 aliphatic rings. The Balaban J connectivity index is 3.20. The van der Waals surface area contributed by atoms with Crippen LogP contribution < -0.4 is 5.73 Å². The van der Waals surface area contributed by atoms with E-state index < -0.39 is 0 Å². The molecular weight excluding hydrogens is 350 g/mol. The van der Waals surface area contributed by atoms with Gasteiger partial charge in [0.15, 0.2) is 0 Å². The number of nitrogens with two attached hydrogens (primary N) is 1. The van der Waals surface area contributed by atoms with Gasteiger partial charge in [-0.1, -0.05) is 135 Å². The molecule has 0 aliphatic heterocycles. The molecule has 1 heteroatoms. The molecule has 0 radical (unpaired) electrons. The molecule has 0 saturated heterocycles. The van der Waals surface area contributed by atoms with E-state index >= 15 is 0 Å². The number of rotatable bonds is 24. The van der Waals surface area contributed by atoms with Crippen LogP contribution in [0.2, 0.25) is 0 Å². The van der Waals surface area contributed by atoms with Crippen molar-refractivity contribution >= 4 is 0 Å². The molecule has 1 atom stereocenters.